The Kier molecular flexibility index (Phi) is 2.84. The van der Waals surface area contributed by atoms with E-state index in [0.717, 1.165) is 27.1 Å². The molecule has 0 aliphatic rings. The highest BCUT2D eigenvalue weighted by Crippen LogP contribution is 2.29. The monoisotopic (exact) mass is 321 g/mol. The third-order valence-electron chi connectivity index (χ3n) is 2.67. The van der Waals surface area contributed by atoms with Crippen molar-refractivity contribution in [3.05, 3.63) is 45.5 Å². The molecule has 1 N–H and O–H groups in total. The number of hydrogen-bond acceptors (Lipinski definition) is 2. The molecule has 0 atom stereocenters. The number of aromatic nitrogens is 3. The molecular weight excluding hydrogens is 314 g/mol. The first-order valence-electron chi connectivity index (χ1n) is 5.42. The first-order valence-corrected chi connectivity index (χ1v) is 6.59. The minimum Gasteiger partial charge on any atom is -0.337 e. The highest BCUT2D eigenvalue weighted by atomic mass is 79.9. The Hall–Kier alpha value is -1.39. The van der Waals surface area contributed by atoms with Crippen LogP contribution in [0.2, 0.25) is 5.02 Å². The van der Waals surface area contributed by atoms with Gasteiger partial charge in [0.05, 0.1) is 10.5 Å². The summed E-state index contributed by atoms with van der Waals surface area (Å²) in [5.74, 6) is 0.731. The van der Waals surface area contributed by atoms with E-state index in [9.17, 15) is 0 Å². The van der Waals surface area contributed by atoms with Gasteiger partial charge in [-0.3, -0.25) is 0 Å². The fraction of sp³-hybridized carbons (Fsp3) is 0.0769. The Morgan fingerprint density at radius 2 is 2.00 bits per heavy atom. The van der Waals surface area contributed by atoms with Gasteiger partial charge in [-0.1, -0.05) is 27.5 Å². The average molecular weight is 323 g/mol. The van der Waals surface area contributed by atoms with Crippen LogP contribution in [0.3, 0.4) is 0 Å². The number of H-pyrrole nitrogens is 1. The first-order chi connectivity index (χ1) is 8.63. The van der Waals surface area contributed by atoms with Crippen LogP contribution in [0.25, 0.3) is 22.6 Å². The van der Waals surface area contributed by atoms with Crippen molar-refractivity contribution < 1.29 is 0 Å². The van der Waals surface area contributed by atoms with Crippen molar-refractivity contribution in [2.24, 2.45) is 0 Å². The lowest BCUT2D eigenvalue weighted by Crippen LogP contribution is -1.82. The van der Waals surface area contributed by atoms with E-state index >= 15 is 0 Å². The van der Waals surface area contributed by atoms with E-state index in [1.165, 1.54) is 0 Å². The quantitative estimate of drug-likeness (QED) is 0.723. The van der Waals surface area contributed by atoms with E-state index in [4.69, 9.17) is 11.6 Å². The number of pyridine rings is 1. The molecule has 2 aromatic heterocycles. The van der Waals surface area contributed by atoms with Gasteiger partial charge in [-0.05, 0) is 37.3 Å². The molecule has 0 bridgehead atoms. The predicted molar refractivity (Wildman–Crippen MR) is 76.8 cm³/mol. The van der Waals surface area contributed by atoms with Crippen LogP contribution in [0.5, 0.6) is 0 Å². The summed E-state index contributed by atoms with van der Waals surface area (Å²) in [6.45, 7) is 1.94. The lowest BCUT2D eigenvalue weighted by Gasteiger charge is -2.00. The van der Waals surface area contributed by atoms with Crippen LogP contribution in [0.4, 0.5) is 0 Å². The molecule has 2 heterocycles. The summed E-state index contributed by atoms with van der Waals surface area (Å²) in [4.78, 5) is 12.1. The molecule has 0 unspecified atom stereocenters. The van der Waals surface area contributed by atoms with Gasteiger partial charge in [0.2, 0.25) is 0 Å². The lowest BCUT2D eigenvalue weighted by atomic mass is 10.2. The molecule has 0 spiro atoms. The molecule has 90 valence electrons. The zero-order chi connectivity index (χ0) is 12.7. The number of imidazole rings is 1. The molecule has 0 amide bonds. The van der Waals surface area contributed by atoms with Crippen molar-refractivity contribution >= 4 is 38.7 Å². The molecule has 0 fully saturated rings. The molecule has 3 aromatic rings. The minimum absolute atomic E-state index is 0.661. The Balaban J connectivity index is 2.22. The van der Waals surface area contributed by atoms with Gasteiger partial charge in [0.25, 0.3) is 0 Å². The maximum atomic E-state index is 6.19. The zero-order valence-electron chi connectivity index (χ0n) is 9.54. The average Bonchev–Trinajstić information content (AvgIpc) is 2.74. The van der Waals surface area contributed by atoms with Crippen LogP contribution >= 0.6 is 27.5 Å². The maximum absolute atomic E-state index is 6.19. The van der Waals surface area contributed by atoms with Gasteiger partial charge in [-0.2, -0.15) is 0 Å². The largest absolute Gasteiger partial charge is 0.337 e. The molecular formula is C13H9BrClN3. The van der Waals surface area contributed by atoms with Crippen molar-refractivity contribution in [2.45, 2.75) is 6.92 Å². The summed E-state index contributed by atoms with van der Waals surface area (Å²) in [5, 5.41) is 0.661. The van der Waals surface area contributed by atoms with E-state index in [-0.39, 0.29) is 0 Å². The van der Waals surface area contributed by atoms with E-state index < -0.39 is 0 Å². The molecule has 3 rings (SSSR count). The number of benzene rings is 1. The van der Waals surface area contributed by atoms with Crippen LogP contribution < -0.4 is 0 Å². The second kappa shape index (κ2) is 4.37. The predicted octanol–water partition coefficient (Wildman–Crippen LogP) is 4.35. The second-order valence-electron chi connectivity index (χ2n) is 4.03. The third kappa shape index (κ3) is 2.02. The Labute approximate surface area is 117 Å². The van der Waals surface area contributed by atoms with Crippen molar-refractivity contribution in [1.82, 2.24) is 15.0 Å². The second-order valence-corrected chi connectivity index (χ2v) is 5.36. The Morgan fingerprint density at radius 1 is 1.17 bits per heavy atom. The number of hydrogen-bond donors (Lipinski definition) is 1. The summed E-state index contributed by atoms with van der Waals surface area (Å²) in [6, 6.07) is 9.60. The Morgan fingerprint density at radius 3 is 2.83 bits per heavy atom. The smallest absolute Gasteiger partial charge is 0.178 e. The number of aryl methyl sites for hydroxylation is 1. The molecule has 18 heavy (non-hydrogen) atoms. The topological polar surface area (TPSA) is 41.6 Å². The number of halogens is 2. The number of aromatic amines is 1. The molecule has 0 aliphatic heterocycles. The van der Waals surface area contributed by atoms with Crippen LogP contribution in [-0.2, 0) is 0 Å². The van der Waals surface area contributed by atoms with E-state index in [1.54, 1.807) is 0 Å². The van der Waals surface area contributed by atoms with E-state index in [2.05, 4.69) is 30.9 Å². The molecule has 0 saturated carbocycles. The molecule has 5 heteroatoms. The van der Waals surface area contributed by atoms with E-state index in [0.29, 0.717) is 10.7 Å². The SMILES string of the molecule is Cc1ccc2[nH]c(-c3cc(Br)ccc3Cl)nc2n1. The van der Waals surface area contributed by atoms with Gasteiger partial charge >= 0.3 is 0 Å². The van der Waals surface area contributed by atoms with Gasteiger partial charge < -0.3 is 4.98 Å². The molecule has 0 saturated heterocycles. The normalized spacial score (nSPS) is 11.1. The number of rotatable bonds is 1. The Bertz CT molecular complexity index is 736. The summed E-state index contributed by atoms with van der Waals surface area (Å²) >= 11 is 9.62. The first kappa shape index (κ1) is 11.7. The summed E-state index contributed by atoms with van der Waals surface area (Å²) in [7, 11) is 0. The van der Waals surface area contributed by atoms with Crippen molar-refractivity contribution in [1.29, 1.82) is 0 Å². The maximum Gasteiger partial charge on any atom is 0.178 e. The van der Waals surface area contributed by atoms with E-state index in [1.807, 2.05) is 37.3 Å². The number of fused-ring (bicyclic) bond motifs is 1. The van der Waals surface area contributed by atoms with Crippen LogP contribution in [0, 0.1) is 6.92 Å². The fourth-order valence-electron chi connectivity index (χ4n) is 1.79. The number of nitrogens with zero attached hydrogens (tertiary/aromatic N) is 2. The van der Waals surface area contributed by atoms with Gasteiger partial charge in [-0.15, -0.1) is 0 Å². The van der Waals surface area contributed by atoms with Crippen LogP contribution in [0.15, 0.2) is 34.8 Å². The lowest BCUT2D eigenvalue weighted by molar-refractivity contribution is 1.22. The van der Waals surface area contributed by atoms with Gasteiger partial charge in [-0.25, -0.2) is 9.97 Å². The van der Waals surface area contributed by atoms with Crippen LogP contribution in [0.1, 0.15) is 5.69 Å². The fourth-order valence-corrected chi connectivity index (χ4v) is 2.36. The summed E-state index contributed by atoms with van der Waals surface area (Å²) in [5.41, 5.74) is 3.43. The summed E-state index contributed by atoms with van der Waals surface area (Å²) in [6.07, 6.45) is 0. The van der Waals surface area contributed by atoms with Crippen molar-refractivity contribution in [3.63, 3.8) is 0 Å². The number of nitrogens with one attached hydrogen (secondary N) is 1. The minimum atomic E-state index is 0.661. The standard InChI is InChI=1S/C13H9BrClN3/c1-7-2-5-11-13(16-7)18-12(17-11)9-6-8(14)3-4-10(9)15/h2-6H,1H3,(H,16,17,18). The zero-order valence-corrected chi connectivity index (χ0v) is 11.9. The van der Waals surface area contributed by atoms with Crippen molar-refractivity contribution in [3.8, 4) is 11.4 Å². The molecule has 3 nitrogen and oxygen atoms in total. The summed E-state index contributed by atoms with van der Waals surface area (Å²) < 4.78 is 0.964. The molecule has 0 radical (unpaired) electrons. The highest BCUT2D eigenvalue weighted by molar-refractivity contribution is 9.10. The van der Waals surface area contributed by atoms with Crippen molar-refractivity contribution in [2.75, 3.05) is 0 Å². The molecule has 0 aliphatic carbocycles. The van der Waals surface area contributed by atoms with Crippen LogP contribution in [-0.4, -0.2) is 15.0 Å². The van der Waals surface area contributed by atoms with Gasteiger partial charge in [0, 0.05) is 15.7 Å². The highest BCUT2D eigenvalue weighted by Gasteiger charge is 2.10. The van der Waals surface area contributed by atoms with Gasteiger partial charge in [0.1, 0.15) is 5.82 Å². The third-order valence-corrected chi connectivity index (χ3v) is 3.49. The van der Waals surface area contributed by atoms with Gasteiger partial charge in [0.15, 0.2) is 5.65 Å². The molecule has 1 aromatic carbocycles.